The molecule has 1 saturated heterocycles. The number of piperidine rings is 1. The molecule has 0 aromatic heterocycles. The van der Waals surface area contributed by atoms with Crippen molar-refractivity contribution in [3.63, 3.8) is 0 Å². The van der Waals surface area contributed by atoms with Crippen molar-refractivity contribution >= 4 is 0 Å². The van der Waals surface area contributed by atoms with E-state index in [0.29, 0.717) is 18.7 Å². The lowest BCUT2D eigenvalue weighted by atomic mass is 9.98. The lowest BCUT2D eigenvalue weighted by Crippen LogP contribution is -2.49. The summed E-state index contributed by atoms with van der Waals surface area (Å²) in [6.45, 7) is 4.33. The zero-order chi connectivity index (χ0) is 12.0. The molecule has 0 spiro atoms. The van der Waals surface area contributed by atoms with E-state index >= 15 is 0 Å². The lowest BCUT2D eigenvalue weighted by Gasteiger charge is -2.37. The number of methoxy groups -OCH3 is 1. The second-order valence-electron chi connectivity index (χ2n) is 4.88. The molecule has 0 aromatic carbocycles. The molecule has 3 unspecified atom stereocenters. The van der Waals surface area contributed by atoms with Crippen molar-refractivity contribution in [2.45, 2.75) is 44.3 Å². The zero-order valence-corrected chi connectivity index (χ0v) is 10.8. The van der Waals surface area contributed by atoms with Gasteiger partial charge in [0.15, 0.2) is 0 Å². The Balaban J connectivity index is 2.33. The Kier molecular flexibility index (Phi) is 6.28. The highest BCUT2D eigenvalue weighted by Gasteiger charge is 2.24. The van der Waals surface area contributed by atoms with Crippen LogP contribution in [0.3, 0.4) is 0 Å². The van der Waals surface area contributed by atoms with Crippen LogP contribution in [0.5, 0.6) is 0 Å². The number of hydrogen-bond acceptors (Lipinski definition) is 4. The zero-order valence-electron chi connectivity index (χ0n) is 10.8. The third-order valence-electron chi connectivity index (χ3n) is 3.53. The standard InChI is InChI=1S/C12H26N2O2/c1-10-8-11(4-6-14(10)2)13-12(5-7-15)9-16-3/h10-13,15H,4-9H2,1-3H3. The number of nitrogens with zero attached hydrogens (tertiary/aromatic N) is 1. The van der Waals surface area contributed by atoms with E-state index in [9.17, 15) is 0 Å². The lowest BCUT2D eigenvalue weighted by molar-refractivity contribution is 0.118. The van der Waals surface area contributed by atoms with Gasteiger partial charge in [-0.05, 0) is 39.8 Å². The van der Waals surface area contributed by atoms with E-state index in [-0.39, 0.29) is 12.6 Å². The Morgan fingerprint density at radius 3 is 2.88 bits per heavy atom. The van der Waals surface area contributed by atoms with Crippen LogP contribution >= 0.6 is 0 Å². The molecule has 0 amide bonds. The van der Waals surface area contributed by atoms with Crippen LogP contribution < -0.4 is 5.32 Å². The number of ether oxygens (including phenoxy) is 1. The molecule has 1 fully saturated rings. The molecule has 1 aliphatic rings. The second-order valence-corrected chi connectivity index (χ2v) is 4.88. The molecule has 96 valence electrons. The predicted octanol–water partition coefficient (Wildman–Crippen LogP) is 0.456. The van der Waals surface area contributed by atoms with Crippen molar-refractivity contribution in [2.75, 3.05) is 33.9 Å². The summed E-state index contributed by atoms with van der Waals surface area (Å²) in [6, 6.07) is 1.50. The average molecular weight is 230 g/mol. The van der Waals surface area contributed by atoms with Gasteiger partial charge in [-0.1, -0.05) is 0 Å². The fourth-order valence-corrected chi connectivity index (χ4v) is 2.35. The second kappa shape index (κ2) is 7.22. The van der Waals surface area contributed by atoms with Crippen LogP contribution in [0.25, 0.3) is 0 Å². The van der Waals surface area contributed by atoms with E-state index in [4.69, 9.17) is 9.84 Å². The van der Waals surface area contributed by atoms with E-state index in [1.54, 1.807) is 7.11 Å². The quantitative estimate of drug-likeness (QED) is 0.696. The van der Waals surface area contributed by atoms with Gasteiger partial charge in [0, 0.05) is 31.8 Å². The molecule has 1 heterocycles. The van der Waals surface area contributed by atoms with E-state index in [1.165, 1.54) is 12.8 Å². The van der Waals surface area contributed by atoms with Gasteiger partial charge in [0.1, 0.15) is 0 Å². The minimum absolute atomic E-state index is 0.225. The van der Waals surface area contributed by atoms with E-state index in [0.717, 1.165) is 13.0 Å². The SMILES string of the molecule is COCC(CCO)NC1CCN(C)C(C)C1. The molecule has 0 radical (unpaired) electrons. The molecule has 0 aliphatic carbocycles. The summed E-state index contributed by atoms with van der Waals surface area (Å²) in [5.74, 6) is 0. The summed E-state index contributed by atoms with van der Waals surface area (Å²) in [5.41, 5.74) is 0. The third-order valence-corrected chi connectivity index (χ3v) is 3.53. The normalized spacial score (nSPS) is 29.2. The molecule has 4 heteroatoms. The monoisotopic (exact) mass is 230 g/mol. The van der Waals surface area contributed by atoms with Crippen LogP contribution in [0.4, 0.5) is 0 Å². The smallest absolute Gasteiger partial charge is 0.0616 e. The number of nitrogens with one attached hydrogen (secondary N) is 1. The molecule has 0 bridgehead atoms. The van der Waals surface area contributed by atoms with Crippen LogP contribution in [0, 0.1) is 0 Å². The van der Waals surface area contributed by atoms with Crippen molar-refractivity contribution in [1.29, 1.82) is 0 Å². The van der Waals surface area contributed by atoms with Gasteiger partial charge >= 0.3 is 0 Å². The summed E-state index contributed by atoms with van der Waals surface area (Å²) in [5, 5.41) is 12.6. The first-order valence-corrected chi connectivity index (χ1v) is 6.23. The molecular formula is C12H26N2O2. The first-order valence-electron chi connectivity index (χ1n) is 6.23. The maximum atomic E-state index is 8.98. The Morgan fingerprint density at radius 2 is 2.31 bits per heavy atom. The van der Waals surface area contributed by atoms with Crippen LogP contribution in [-0.2, 0) is 4.74 Å². The number of rotatable bonds is 6. The van der Waals surface area contributed by atoms with Crippen molar-refractivity contribution in [1.82, 2.24) is 10.2 Å². The highest BCUT2D eigenvalue weighted by Crippen LogP contribution is 2.16. The highest BCUT2D eigenvalue weighted by molar-refractivity contribution is 4.83. The molecule has 1 aliphatic heterocycles. The van der Waals surface area contributed by atoms with Crippen LogP contribution in [0.1, 0.15) is 26.2 Å². The molecule has 16 heavy (non-hydrogen) atoms. The van der Waals surface area contributed by atoms with Gasteiger partial charge in [0.25, 0.3) is 0 Å². The maximum absolute atomic E-state index is 8.98. The van der Waals surface area contributed by atoms with Crippen molar-refractivity contribution in [3.8, 4) is 0 Å². The average Bonchev–Trinajstić information content (AvgIpc) is 2.24. The third kappa shape index (κ3) is 4.37. The van der Waals surface area contributed by atoms with Crippen LogP contribution in [0.15, 0.2) is 0 Å². The Hall–Kier alpha value is -0.160. The van der Waals surface area contributed by atoms with Crippen molar-refractivity contribution in [3.05, 3.63) is 0 Å². The largest absolute Gasteiger partial charge is 0.396 e. The maximum Gasteiger partial charge on any atom is 0.0616 e. The van der Waals surface area contributed by atoms with Gasteiger partial charge in [0.05, 0.1) is 6.61 Å². The number of hydrogen-bond donors (Lipinski definition) is 2. The fourth-order valence-electron chi connectivity index (χ4n) is 2.35. The van der Waals surface area contributed by atoms with Crippen molar-refractivity contribution in [2.24, 2.45) is 0 Å². The van der Waals surface area contributed by atoms with Gasteiger partial charge in [-0.15, -0.1) is 0 Å². The van der Waals surface area contributed by atoms with Gasteiger partial charge < -0.3 is 20.1 Å². The summed E-state index contributed by atoms with van der Waals surface area (Å²) >= 11 is 0. The van der Waals surface area contributed by atoms with Crippen LogP contribution in [-0.4, -0.2) is 62.0 Å². The number of likely N-dealkylation sites (tertiary alicyclic amines) is 1. The minimum Gasteiger partial charge on any atom is -0.396 e. The van der Waals surface area contributed by atoms with Gasteiger partial charge in [-0.25, -0.2) is 0 Å². The van der Waals surface area contributed by atoms with Gasteiger partial charge in [0.2, 0.25) is 0 Å². The summed E-state index contributed by atoms with van der Waals surface area (Å²) in [4.78, 5) is 2.40. The van der Waals surface area contributed by atoms with E-state index < -0.39 is 0 Å². The Bertz CT molecular complexity index is 184. The molecule has 0 saturated carbocycles. The predicted molar refractivity (Wildman–Crippen MR) is 65.6 cm³/mol. The molecule has 4 nitrogen and oxygen atoms in total. The fraction of sp³-hybridized carbons (Fsp3) is 1.00. The summed E-state index contributed by atoms with van der Waals surface area (Å²) in [6.07, 6.45) is 3.14. The van der Waals surface area contributed by atoms with Gasteiger partial charge in [-0.2, -0.15) is 0 Å². The first kappa shape index (κ1) is 13.9. The first-order chi connectivity index (χ1) is 7.67. The number of aliphatic hydroxyl groups is 1. The molecule has 0 aromatic rings. The molecular weight excluding hydrogens is 204 g/mol. The highest BCUT2D eigenvalue weighted by atomic mass is 16.5. The minimum atomic E-state index is 0.225. The summed E-state index contributed by atoms with van der Waals surface area (Å²) in [7, 11) is 3.89. The Labute approximate surface area is 99.0 Å². The Morgan fingerprint density at radius 1 is 1.56 bits per heavy atom. The van der Waals surface area contributed by atoms with E-state index in [1.807, 2.05) is 0 Å². The van der Waals surface area contributed by atoms with Gasteiger partial charge in [-0.3, -0.25) is 0 Å². The van der Waals surface area contributed by atoms with Crippen molar-refractivity contribution < 1.29 is 9.84 Å². The molecule has 3 atom stereocenters. The summed E-state index contributed by atoms with van der Waals surface area (Å²) < 4.78 is 5.16. The molecule has 2 N–H and O–H groups in total. The number of aliphatic hydroxyl groups excluding tert-OH is 1. The molecule has 1 rings (SSSR count). The van der Waals surface area contributed by atoms with E-state index in [2.05, 4.69) is 24.2 Å². The van der Waals surface area contributed by atoms with Crippen LogP contribution in [0.2, 0.25) is 0 Å². The topological polar surface area (TPSA) is 44.7 Å².